The Morgan fingerprint density at radius 2 is 1.78 bits per heavy atom. The van der Waals surface area contributed by atoms with Crippen LogP contribution >= 0.6 is 0 Å². The van der Waals surface area contributed by atoms with Crippen LogP contribution in [-0.2, 0) is 5.54 Å². The number of aryl methyl sites for hydroxylation is 1. The summed E-state index contributed by atoms with van der Waals surface area (Å²) in [5.74, 6) is -0.463. The molecule has 8 heteroatoms. The van der Waals surface area contributed by atoms with E-state index in [9.17, 15) is 13.6 Å². The summed E-state index contributed by atoms with van der Waals surface area (Å²) in [7, 11) is 3.89. The lowest BCUT2D eigenvalue weighted by Gasteiger charge is -2.48. The SMILES string of the molecule is Cc1c(N2CC3(CCC(c4cc(F)cc(F)c4)(N(C)C)CC3)NC2=O)ncc2[nH]ccc12. The summed E-state index contributed by atoms with van der Waals surface area (Å²) in [5, 5.41) is 4.26. The number of carbonyl (C=O) groups is 1. The Hall–Kier alpha value is -3.00. The van der Waals surface area contributed by atoms with E-state index in [0.29, 0.717) is 43.6 Å². The van der Waals surface area contributed by atoms with E-state index in [-0.39, 0.29) is 11.6 Å². The van der Waals surface area contributed by atoms with E-state index >= 15 is 0 Å². The first kappa shape index (κ1) is 20.9. The highest BCUT2D eigenvalue weighted by atomic mass is 19.1. The summed E-state index contributed by atoms with van der Waals surface area (Å²) < 4.78 is 28.0. The zero-order valence-corrected chi connectivity index (χ0v) is 18.5. The Morgan fingerprint density at radius 3 is 2.44 bits per heavy atom. The van der Waals surface area contributed by atoms with Crippen molar-refractivity contribution >= 4 is 22.8 Å². The molecule has 2 aromatic heterocycles. The second-order valence-electron chi connectivity index (χ2n) is 9.39. The number of rotatable bonds is 3. The number of hydrogen-bond donors (Lipinski definition) is 2. The highest BCUT2D eigenvalue weighted by molar-refractivity contribution is 5.98. The molecule has 32 heavy (non-hydrogen) atoms. The quantitative estimate of drug-likeness (QED) is 0.634. The van der Waals surface area contributed by atoms with Crippen LogP contribution in [0.5, 0.6) is 0 Å². The van der Waals surface area contributed by atoms with E-state index in [2.05, 4.69) is 15.3 Å². The third kappa shape index (κ3) is 3.16. The number of hydrogen-bond acceptors (Lipinski definition) is 3. The van der Waals surface area contributed by atoms with Crippen LogP contribution in [0.1, 0.15) is 36.8 Å². The molecular weight excluding hydrogens is 412 g/mol. The Bertz CT molecular complexity index is 1180. The van der Waals surface area contributed by atoms with Crippen molar-refractivity contribution in [3.63, 3.8) is 0 Å². The van der Waals surface area contributed by atoms with Crippen molar-refractivity contribution in [2.75, 3.05) is 25.5 Å². The van der Waals surface area contributed by atoms with E-state index in [0.717, 1.165) is 22.5 Å². The van der Waals surface area contributed by atoms with Gasteiger partial charge in [0.25, 0.3) is 0 Å². The highest BCUT2D eigenvalue weighted by Crippen LogP contribution is 2.46. The van der Waals surface area contributed by atoms with Crippen molar-refractivity contribution in [2.24, 2.45) is 0 Å². The van der Waals surface area contributed by atoms with Crippen LogP contribution in [0.3, 0.4) is 0 Å². The van der Waals surface area contributed by atoms with Gasteiger partial charge in [-0.1, -0.05) is 0 Å². The van der Waals surface area contributed by atoms with Gasteiger partial charge in [0.2, 0.25) is 0 Å². The van der Waals surface area contributed by atoms with E-state index in [4.69, 9.17) is 0 Å². The van der Waals surface area contributed by atoms with Crippen LogP contribution in [-0.4, -0.2) is 47.1 Å². The lowest BCUT2D eigenvalue weighted by Crippen LogP contribution is -2.54. The molecule has 5 rings (SSSR count). The maximum atomic E-state index is 14.0. The third-order valence-electron chi connectivity index (χ3n) is 7.46. The van der Waals surface area contributed by atoms with Gasteiger partial charge in [-0.25, -0.2) is 18.6 Å². The topological polar surface area (TPSA) is 64.3 Å². The third-order valence-corrected chi connectivity index (χ3v) is 7.46. The molecule has 0 atom stereocenters. The maximum Gasteiger partial charge on any atom is 0.323 e. The second kappa shape index (κ2) is 7.27. The highest BCUT2D eigenvalue weighted by Gasteiger charge is 2.51. The normalized spacial score (nSPS) is 25.8. The Morgan fingerprint density at radius 1 is 1.09 bits per heavy atom. The number of halogens is 2. The molecule has 2 fully saturated rings. The van der Waals surface area contributed by atoms with Crippen molar-refractivity contribution in [1.82, 2.24) is 20.2 Å². The molecule has 0 bridgehead atoms. The van der Waals surface area contributed by atoms with E-state index in [1.807, 2.05) is 38.2 Å². The van der Waals surface area contributed by atoms with Crippen LogP contribution in [0, 0.1) is 18.6 Å². The fourth-order valence-corrected chi connectivity index (χ4v) is 5.55. The number of fused-ring (bicyclic) bond motifs is 1. The van der Waals surface area contributed by atoms with Gasteiger partial charge in [-0.15, -0.1) is 0 Å². The number of nitrogens with zero attached hydrogens (tertiary/aromatic N) is 3. The monoisotopic (exact) mass is 439 g/mol. The van der Waals surface area contributed by atoms with Crippen molar-refractivity contribution in [3.8, 4) is 0 Å². The van der Waals surface area contributed by atoms with Gasteiger partial charge >= 0.3 is 6.03 Å². The minimum atomic E-state index is -0.566. The molecule has 1 aliphatic carbocycles. The van der Waals surface area contributed by atoms with Crippen LogP contribution in [0.15, 0.2) is 36.7 Å². The molecule has 1 spiro atoms. The van der Waals surface area contributed by atoms with Gasteiger partial charge < -0.3 is 10.3 Å². The fraction of sp³-hybridized carbons (Fsp3) is 0.417. The first-order chi connectivity index (χ1) is 15.2. The van der Waals surface area contributed by atoms with Crippen LogP contribution in [0.2, 0.25) is 0 Å². The number of amides is 2. The van der Waals surface area contributed by atoms with Gasteiger partial charge in [0.15, 0.2) is 0 Å². The molecule has 3 aromatic rings. The lowest BCUT2D eigenvalue weighted by molar-refractivity contribution is 0.0652. The number of carbonyl (C=O) groups excluding carboxylic acids is 1. The molecule has 1 aromatic carbocycles. The van der Waals surface area contributed by atoms with Gasteiger partial charge in [-0.3, -0.25) is 9.80 Å². The average Bonchev–Trinajstić information content (AvgIpc) is 3.33. The van der Waals surface area contributed by atoms with Crippen LogP contribution < -0.4 is 10.2 Å². The van der Waals surface area contributed by atoms with Gasteiger partial charge in [0.05, 0.1) is 23.8 Å². The molecule has 2 N–H and O–H groups in total. The van der Waals surface area contributed by atoms with Gasteiger partial charge in [-0.2, -0.15) is 0 Å². The Balaban J connectivity index is 1.42. The molecule has 1 saturated heterocycles. The molecule has 1 saturated carbocycles. The Labute approximate surface area is 185 Å². The summed E-state index contributed by atoms with van der Waals surface area (Å²) in [6.45, 7) is 2.50. The molecule has 168 valence electrons. The molecular formula is C24H27F2N5O. The number of benzene rings is 1. The van der Waals surface area contributed by atoms with E-state index in [1.165, 1.54) is 12.1 Å². The predicted molar refractivity (Wildman–Crippen MR) is 120 cm³/mol. The summed E-state index contributed by atoms with van der Waals surface area (Å²) >= 11 is 0. The first-order valence-electron chi connectivity index (χ1n) is 10.9. The summed E-state index contributed by atoms with van der Waals surface area (Å²) in [6.07, 6.45) is 6.40. The zero-order valence-electron chi connectivity index (χ0n) is 18.5. The van der Waals surface area contributed by atoms with Crippen LogP contribution in [0.25, 0.3) is 10.9 Å². The summed E-state index contributed by atoms with van der Waals surface area (Å²) in [5.41, 5.74) is 1.68. The maximum absolute atomic E-state index is 14.0. The largest absolute Gasteiger partial charge is 0.360 e. The fourth-order valence-electron chi connectivity index (χ4n) is 5.55. The van der Waals surface area contributed by atoms with Gasteiger partial charge in [0.1, 0.15) is 17.5 Å². The average molecular weight is 440 g/mol. The van der Waals surface area contributed by atoms with Crippen molar-refractivity contribution < 1.29 is 13.6 Å². The molecule has 2 amide bonds. The minimum absolute atomic E-state index is 0.148. The van der Waals surface area contributed by atoms with E-state index < -0.39 is 17.2 Å². The number of aromatic nitrogens is 2. The molecule has 1 aliphatic heterocycles. The predicted octanol–water partition coefficient (Wildman–Crippen LogP) is 4.45. The minimum Gasteiger partial charge on any atom is -0.360 e. The molecule has 0 radical (unpaired) electrons. The number of anilines is 1. The molecule has 0 unspecified atom stereocenters. The van der Waals surface area contributed by atoms with Crippen molar-refractivity contribution in [1.29, 1.82) is 0 Å². The second-order valence-corrected chi connectivity index (χ2v) is 9.39. The standard InChI is InChI=1S/C24H27F2N5O/c1-15-19-4-9-27-20(19)13-28-21(15)31-14-23(29-22(31)32)5-7-24(8-6-23,30(2)3)16-10-17(25)12-18(26)11-16/h4,9-13,27H,5-8,14H2,1-3H3,(H,29,32). The van der Waals surface area contributed by atoms with Crippen LogP contribution in [0.4, 0.5) is 19.4 Å². The number of nitrogens with one attached hydrogen (secondary N) is 2. The molecule has 3 heterocycles. The summed E-state index contributed by atoms with van der Waals surface area (Å²) in [4.78, 5) is 24.5. The van der Waals surface area contributed by atoms with Gasteiger partial charge in [0, 0.05) is 28.8 Å². The zero-order chi connectivity index (χ0) is 22.7. The van der Waals surface area contributed by atoms with Gasteiger partial charge in [-0.05, 0) is 70.5 Å². The molecule has 2 aliphatic rings. The number of pyridine rings is 1. The summed E-state index contributed by atoms with van der Waals surface area (Å²) in [6, 6.07) is 5.61. The number of aromatic amines is 1. The lowest BCUT2D eigenvalue weighted by atomic mass is 9.69. The number of urea groups is 1. The first-order valence-corrected chi connectivity index (χ1v) is 10.9. The Kier molecular flexibility index (Phi) is 4.74. The van der Waals surface area contributed by atoms with Crippen molar-refractivity contribution in [3.05, 3.63) is 59.4 Å². The number of H-pyrrole nitrogens is 1. The van der Waals surface area contributed by atoms with Crippen molar-refractivity contribution in [2.45, 2.75) is 43.7 Å². The van der Waals surface area contributed by atoms with E-state index in [1.54, 1.807) is 11.1 Å². The molecule has 6 nitrogen and oxygen atoms in total. The smallest absolute Gasteiger partial charge is 0.323 e.